The highest BCUT2D eigenvalue weighted by molar-refractivity contribution is 5.92. The van der Waals surface area contributed by atoms with Crippen molar-refractivity contribution in [3.63, 3.8) is 0 Å². The molecule has 2 heterocycles. The van der Waals surface area contributed by atoms with Crippen molar-refractivity contribution in [3.8, 4) is 0 Å². The van der Waals surface area contributed by atoms with Crippen molar-refractivity contribution < 1.29 is 14.3 Å². The number of benzene rings is 1. The topological polar surface area (TPSA) is 106 Å². The monoisotopic (exact) mass is 363 g/mol. The minimum atomic E-state index is -0.425. The Morgan fingerprint density at radius 3 is 2.56 bits per heavy atom. The number of esters is 1. The molecule has 2 N–H and O–H groups in total. The molecule has 0 saturated carbocycles. The molecule has 136 valence electrons. The number of ether oxygens (including phenoxy) is 1. The SMILES string of the molecule is COC(=O)c1cccc(Nc2ccc(C(=O)NCc3ccncc3)nn2)c1. The van der Waals surface area contributed by atoms with E-state index in [0.29, 0.717) is 23.6 Å². The Balaban J connectivity index is 1.61. The van der Waals surface area contributed by atoms with E-state index in [-0.39, 0.29) is 11.6 Å². The van der Waals surface area contributed by atoms with Gasteiger partial charge in [0.2, 0.25) is 0 Å². The smallest absolute Gasteiger partial charge is 0.337 e. The van der Waals surface area contributed by atoms with Gasteiger partial charge < -0.3 is 15.4 Å². The zero-order chi connectivity index (χ0) is 19.1. The molecule has 0 aliphatic heterocycles. The van der Waals surface area contributed by atoms with Gasteiger partial charge in [0, 0.05) is 24.6 Å². The van der Waals surface area contributed by atoms with Crippen molar-refractivity contribution in [3.05, 3.63) is 77.7 Å². The van der Waals surface area contributed by atoms with E-state index >= 15 is 0 Å². The van der Waals surface area contributed by atoms with Crippen LogP contribution in [0.15, 0.2) is 60.9 Å². The van der Waals surface area contributed by atoms with Crippen LogP contribution in [0.25, 0.3) is 0 Å². The summed E-state index contributed by atoms with van der Waals surface area (Å²) in [5, 5.41) is 13.7. The lowest BCUT2D eigenvalue weighted by molar-refractivity contribution is 0.0600. The standard InChI is InChI=1S/C19H17N5O3/c1-27-19(26)14-3-2-4-15(11-14)22-17-6-5-16(23-24-17)18(25)21-12-13-7-9-20-10-8-13/h2-11H,12H2,1H3,(H,21,25)(H,22,24). The predicted octanol–water partition coefficient (Wildman–Crippen LogP) is 2.33. The number of methoxy groups -OCH3 is 1. The highest BCUT2D eigenvalue weighted by Gasteiger charge is 2.09. The summed E-state index contributed by atoms with van der Waals surface area (Å²) in [6.45, 7) is 0.378. The van der Waals surface area contributed by atoms with Crippen LogP contribution in [0.3, 0.4) is 0 Å². The quantitative estimate of drug-likeness (QED) is 0.647. The van der Waals surface area contributed by atoms with E-state index in [0.717, 1.165) is 5.56 Å². The van der Waals surface area contributed by atoms with E-state index in [9.17, 15) is 9.59 Å². The molecule has 0 atom stereocenters. The normalized spacial score (nSPS) is 10.1. The van der Waals surface area contributed by atoms with Crippen LogP contribution in [0.5, 0.6) is 0 Å². The number of amides is 1. The molecule has 0 fully saturated rings. The van der Waals surface area contributed by atoms with Crippen molar-refractivity contribution in [1.82, 2.24) is 20.5 Å². The van der Waals surface area contributed by atoms with Crippen LogP contribution >= 0.6 is 0 Å². The molecule has 0 saturated heterocycles. The maximum atomic E-state index is 12.1. The van der Waals surface area contributed by atoms with Crippen molar-refractivity contribution in [1.29, 1.82) is 0 Å². The van der Waals surface area contributed by atoms with Crippen molar-refractivity contribution in [2.75, 3.05) is 12.4 Å². The summed E-state index contributed by atoms with van der Waals surface area (Å²) in [6, 6.07) is 13.7. The summed E-state index contributed by atoms with van der Waals surface area (Å²) < 4.78 is 4.70. The van der Waals surface area contributed by atoms with Gasteiger partial charge in [-0.05, 0) is 48.0 Å². The van der Waals surface area contributed by atoms with Crippen molar-refractivity contribution in [2.24, 2.45) is 0 Å². The number of anilines is 2. The first-order chi connectivity index (χ1) is 13.2. The molecule has 0 unspecified atom stereocenters. The Morgan fingerprint density at radius 2 is 1.85 bits per heavy atom. The molecule has 1 amide bonds. The van der Waals surface area contributed by atoms with Crippen LogP contribution in [-0.2, 0) is 11.3 Å². The van der Waals surface area contributed by atoms with Gasteiger partial charge in [-0.15, -0.1) is 10.2 Å². The molecule has 3 aromatic rings. The number of pyridine rings is 1. The number of nitrogens with one attached hydrogen (secondary N) is 2. The third kappa shape index (κ3) is 4.85. The van der Waals surface area contributed by atoms with Gasteiger partial charge in [0.15, 0.2) is 11.5 Å². The Morgan fingerprint density at radius 1 is 1.04 bits per heavy atom. The lowest BCUT2D eigenvalue weighted by Gasteiger charge is -2.08. The zero-order valence-corrected chi connectivity index (χ0v) is 14.5. The van der Waals surface area contributed by atoms with E-state index in [4.69, 9.17) is 4.74 Å². The molecule has 27 heavy (non-hydrogen) atoms. The summed E-state index contributed by atoms with van der Waals surface area (Å²) in [6.07, 6.45) is 3.33. The average molecular weight is 363 g/mol. The first-order valence-electron chi connectivity index (χ1n) is 8.12. The second-order valence-electron chi connectivity index (χ2n) is 5.54. The fraction of sp³-hybridized carbons (Fsp3) is 0.105. The third-order valence-corrected chi connectivity index (χ3v) is 3.66. The van der Waals surface area contributed by atoms with Crippen LogP contribution in [0, 0.1) is 0 Å². The summed E-state index contributed by atoms with van der Waals surface area (Å²) >= 11 is 0. The minimum absolute atomic E-state index is 0.206. The second kappa shape index (κ2) is 8.52. The lowest BCUT2D eigenvalue weighted by atomic mass is 10.2. The van der Waals surface area contributed by atoms with E-state index in [1.165, 1.54) is 7.11 Å². The van der Waals surface area contributed by atoms with Crippen molar-refractivity contribution >= 4 is 23.4 Å². The van der Waals surface area contributed by atoms with Gasteiger partial charge in [0.05, 0.1) is 12.7 Å². The minimum Gasteiger partial charge on any atom is -0.465 e. The Bertz CT molecular complexity index is 930. The number of hydrogen-bond donors (Lipinski definition) is 2. The molecule has 0 aliphatic rings. The van der Waals surface area contributed by atoms with Crippen LogP contribution in [0.1, 0.15) is 26.4 Å². The van der Waals surface area contributed by atoms with Gasteiger partial charge in [-0.25, -0.2) is 4.79 Å². The molecular weight excluding hydrogens is 346 g/mol. The largest absolute Gasteiger partial charge is 0.465 e. The Labute approximate surface area is 155 Å². The molecule has 0 spiro atoms. The number of carbonyl (C=O) groups excluding carboxylic acids is 2. The molecule has 8 nitrogen and oxygen atoms in total. The van der Waals surface area contributed by atoms with E-state index < -0.39 is 5.97 Å². The number of aromatic nitrogens is 3. The molecule has 0 bridgehead atoms. The molecule has 0 radical (unpaired) electrons. The van der Waals surface area contributed by atoms with Gasteiger partial charge in [0.25, 0.3) is 5.91 Å². The molecule has 3 rings (SSSR count). The average Bonchev–Trinajstić information content (AvgIpc) is 2.73. The lowest BCUT2D eigenvalue weighted by Crippen LogP contribution is -2.24. The summed E-state index contributed by atoms with van der Waals surface area (Å²) in [5.74, 6) is -0.299. The molecule has 0 aliphatic carbocycles. The number of carbonyl (C=O) groups is 2. The first-order valence-corrected chi connectivity index (χ1v) is 8.12. The van der Waals surface area contributed by atoms with Gasteiger partial charge >= 0.3 is 5.97 Å². The molecule has 8 heteroatoms. The predicted molar refractivity (Wildman–Crippen MR) is 98.5 cm³/mol. The van der Waals surface area contributed by atoms with Gasteiger partial charge in [-0.1, -0.05) is 6.07 Å². The third-order valence-electron chi connectivity index (χ3n) is 3.66. The number of hydrogen-bond acceptors (Lipinski definition) is 7. The second-order valence-corrected chi connectivity index (χ2v) is 5.54. The molecular formula is C19H17N5O3. The highest BCUT2D eigenvalue weighted by atomic mass is 16.5. The first kappa shape index (κ1) is 18.0. The zero-order valence-electron chi connectivity index (χ0n) is 14.5. The summed E-state index contributed by atoms with van der Waals surface area (Å²) in [5.41, 5.74) is 2.22. The number of rotatable bonds is 6. The van der Waals surface area contributed by atoms with Crippen LogP contribution < -0.4 is 10.6 Å². The fourth-order valence-electron chi connectivity index (χ4n) is 2.28. The van der Waals surface area contributed by atoms with Crippen LogP contribution in [-0.4, -0.2) is 34.2 Å². The summed E-state index contributed by atoms with van der Waals surface area (Å²) in [7, 11) is 1.33. The van der Waals surface area contributed by atoms with E-state index in [1.807, 2.05) is 12.1 Å². The van der Waals surface area contributed by atoms with Crippen LogP contribution in [0.2, 0.25) is 0 Å². The Hall–Kier alpha value is -3.81. The summed E-state index contributed by atoms with van der Waals surface area (Å²) in [4.78, 5) is 27.6. The number of nitrogens with zero attached hydrogens (tertiary/aromatic N) is 3. The van der Waals surface area contributed by atoms with E-state index in [2.05, 4.69) is 25.8 Å². The van der Waals surface area contributed by atoms with Crippen molar-refractivity contribution in [2.45, 2.75) is 6.54 Å². The maximum absolute atomic E-state index is 12.1. The molecule has 1 aromatic carbocycles. The highest BCUT2D eigenvalue weighted by Crippen LogP contribution is 2.16. The Kier molecular flexibility index (Phi) is 5.68. The molecule has 2 aromatic heterocycles. The van der Waals surface area contributed by atoms with E-state index in [1.54, 1.807) is 48.8 Å². The van der Waals surface area contributed by atoms with Gasteiger partial charge in [-0.3, -0.25) is 9.78 Å². The fourth-order valence-corrected chi connectivity index (χ4v) is 2.28. The maximum Gasteiger partial charge on any atom is 0.337 e. The van der Waals surface area contributed by atoms with Gasteiger partial charge in [-0.2, -0.15) is 0 Å². The van der Waals surface area contributed by atoms with Gasteiger partial charge in [0.1, 0.15) is 0 Å². The van der Waals surface area contributed by atoms with Crippen LogP contribution in [0.4, 0.5) is 11.5 Å².